The van der Waals surface area contributed by atoms with E-state index >= 15 is 0 Å². The molecule has 0 aliphatic rings. The number of esters is 2. The third-order valence-corrected chi connectivity index (χ3v) is 5.37. The van der Waals surface area contributed by atoms with Crippen LogP contribution in [0.1, 0.15) is 31.2 Å². The SMILES string of the molecule is COCCOC(=O)c1c(NC(=O)COC(=O)COc2ccccc2C)sc(C(N)=O)c1C. The number of carbonyl (C=O) groups is 4. The molecule has 1 heterocycles. The molecule has 3 N–H and O–H groups in total. The molecule has 0 aliphatic carbocycles. The van der Waals surface area contributed by atoms with Gasteiger partial charge in [-0.2, -0.15) is 0 Å². The van der Waals surface area contributed by atoms with Gasteiger partial charge in [0, 0.05) is 7.11 Å². The molecule has 2 aromatic rings. The highest BCUT2D eigenvalue weighted by molar-refractivity contribution is 7.18. The number of hydrogen-bond donors (Lipinski definition) is 2. The van der Waals surface area contributed by atoms with Gasteiger partial charge < -0.3 is 30.0 Å². The molecular formula is C21H24N2O8S. The number of carbonyl (C=O) groups excluding carboxylic acids is 4. The predicted molar refractivity (Wildman–Crippen MR) is 116 cm³/mol. The molecule has 0 fully saturated rings. The molecule has 0 bridgehead atoms. The van der Waals surface area contributed by atoms with Gasteiger partial charge >= 0.3 is 11.9 Å². The second kappa shape index (κ2) is 11.8. The maximum absolute atomic E-state index is 12.4. The zero-order chi connectivity index (χ0) is 23.7. The van der Waals surface area contributed by atoms with Gasteiger partial charge in [0.1, 0.15) is 17.4 Å². The van der Waals surface area contributed by atoms with E-state index in [0.717, 1.165) is 16.9 Å². The van der Waals surface area contributed by atoms with Crippen LogP contribution in [-0.4, -0.2) is 57.3 Å². The zero-order valence-electron chi connectivity index (χ0n) is 17.9. The Kier molecular flexibility index (Phi) is 9.17. The summed E-state index contributed by atoms with van der Waals surface area (Å²) in [5.74, 6) is -2.43. The van der Waals surface area contributed by atoms with Gasteiger partial charge in [-0.05, 0) is 31.0 Å². The van der Waals surface area contributed by atoms with Gasteiger partial charge in [0.2, 0.25) is 0 Å². The third kappa shape index (κ3) is 6.79. The van der Waals surface area contributed by atoms with Gasteiger partial charge in [0.05, 0.1) is 17.0 Å². The first-order valence-corrected chi connectivity index (χ1v) is 10.3. The number of benzene rings is 1. The molecule has 2 rings (SSSR count). The predicted octanol–water partition coefficient (Wildman–Crippen LogP) is 1.83. The largest absolute Gasteiger partial charge is 0.482 e. The number of ether oxygens (including phenoxy) is 4. The van der Waals surface area contributed by atoms with Gasteiger partial charge in [-0.3, -0.25) is 9.59 Å². The van der Waals surface area contributed by atoms with E-state index in [1.807, 2.05) is 19.1 Å². The number of anilines is 1. The van der Waals surface area contributed by atoms with Crippen LogP contribution in [0.15, 0.2) is 24.3 Å². The minimum atomic E-state index is -0.751. The van der Waals surface area contributed by atoms with Gasteiger partial charge in [-0.25, -0.2) is 9.59 Å². The number of primary amides is 1. The number of amides is 2. The Morgan fingerprint density at radius 1 is 1.03 bits per heavy atom. The lowest BCUT2D eigenvalue weighted by Crippen LogP contribution is -2.24. The molecule has 11 heteroatoms. The molecular weight excluding hydrogens is 440 g/mol. The van der Waals surface area contributed by atoms with Gasteiger partial charge in [0.25, 0.3) is 11.8 Å². The summed E-state index contributed by atoms with van der Waals surface area (Å²) in [6, 6.07) is 7.14. The number of methoxy groups -OCH3 is 1. The first-order valence-electron chi connectivity index (χ1n) is 9.47. The van der Waals surface area contributed by atoms with E-state index in [2.05, 4.69) is 5.32 Å². The van der Waals surface area contributed by atoms with Crippen LogP contribution in [-0.2, 0) is 23.8 Å². The van der Waals surface area contributed by atoms with E-state index in [1.165, 1.54) is 14.0 Å². The molecule has 32 heavy (non-hydrogen) atoms. The number of hydrogen-bond acceptors (Lipinski definition) is 9. The molecule has 0 atom stereocenters. The fourth-order valence-electron chi connectivity index (χ4n) is 2.58. The molecule has 10 nitrogen and oxygen atoms in total. The summed E-state index contributed by atoms with van der Waals surface area (Å²) in [6.45, 7) is 2.52. The Morgan fingerprint density at radius 2 is 1.75 bits per heavy atom. The number of nitrogens with one attached hydrogen (secondary N) is 1. The second-order valence-electron chi connectivity index (χ2n) is 6.52. The van der Waals surface area contributed by atoms with Crippen molar-refractivity contribution in [2.75, 3.05) is 38.9 Å². The number of nitrogens with two attached hydrogens (primary N) is 1. The number of aryl methyl sites for hydroxylation is 1. The summed E-state index contributed by atoms with van der Waals surface area (Å²) in [5, 5.41) is 2.52. The smallest absolute Gasteiger partial charge is 0.344 e. The molecule has 0 unspecified atom stereocenters. The number of para-hydroxylation sites is 1. The Balaban J connectivity index is 1.98. The average molecular weight is 464 g/mol. The van der Waals surface area contributed by atoms with Crippen LogP contribution >= 0.6 is 11.3 Å². The van der Waals surface area contributed by atoms with Crippen molar-refractivity contribution >= 4 is 40.1 Å². The maximum Gasteiger partial charge on any atom is 0.344 e. The summed E-state index contributed by atoms with van der Waals surface area (Å²) >= 11 is 0.830. The minimum Gasteiger partial charge on any atom is -0.482 e. The maximum atomic E-state index is 12.4. The summed E-state index contributed by atoms with van der Waals surface area (Å²) in [6.07, 6.45) is 0. The standard InChI is InChI=1S/C21H24N2O8S/c1-12-6-4-5-7-14(12)30-11-16(25)31-10-15(24)23-20-17(21(27)29-9-8-28-3)13(2)18(32-20)19(22)26/h4-7H,8-11H2,1-3H3,(H2,22,26)(H,23,24). The van der Waals surface area contributed by atoms with E-state index < -0.39 is 30.4 Å². The van der Waals surface area contributed by atoms with Crippen molar-refractivity contribution in [3.05, 3.63) is 45.8 Å². The lowest BCUT2D eigenvalue weighted by Gasteiger charge is -2.10. The minimum absolute atomic E-state index is 0.00228. The molecule has 1 aromatic carbocycles. The summed E-state index contributed by atoms with van der Waals surface area (Å²) in [4.78, 5) is 48.3. The topological polar surface area (TPSA) is 143 Å². The van der Waals surface area contributed by atoms with E-state index in [1.54, 1.807) is 12.1 Å². The molecule has 172 valence electrons. The lowest BCUT2D eigenvalue weighted by molar-refractivity contribution is -0.149. The van der Waals surface area contributed by atoms with Crippen LogP contribution in [0.5, 0.6) is 5.75 Å². The van der Waals surface area contributed by atoms with E-state index in [-0.39, 0.29) is 40.8 Å². The zero-order valence-corrected chi connectivity index (χ0v) is 18.7. The first kappa shape index (κ1) is 24.8. The van der Waals surface area contributed by atoms with Crippen molar-refractivity contribution in [2.45, 2.75) is 13.8 Å². The summed E-state index contributed by atoms with van der Waals surface area (Å²) in [5.41, 5.74) is 6.48. The van der Waals surface area contributed by atoms with Crippen molar-refractivity contribution in [3.8, 4) is 5.75 Å². The fraction of sp³-hybridized carbons (Fsp3) is 0.333. The van der Waals surface area contributed by atoms with Crippen molar-refractivity contribution < 1.29 is 38.1 Å². The van der Waals surface area contributed by atoms with Crippen LogP contribution in [0.3, 0.4) is 0 Å². The van der Waals surface area contributed by atoms with Crippen LogP contribution in [0.4, 0.5) is 5.00 Å². The summed E-state index contributed by atoms with van der Waals surface area (Å²) < 4.78 is 20.2. The van der Waals surface area contributed by atoms with Gasteiger partial charge in [-0.15, -0.1) is 11.3 Å². The van der Waals surface area contributed by atoms with Crippen LogP contribution < -0.4 is 15.8 Å². The molecule has 0 saturated carbocycles. The van der Waals surface area contributed by atoms with Crippen molar-refractivity contribution in [2.24, 2.45) is 5.73 Å². The highest BCUT2D eigenvalue weighted by Gasteiger charge is 2.26. The molecule has 0 spiro atoms. The van der Waals surface area contributed by atoms with E-state index in [4.69, 9.17) is 24.7 Å². The molecule has 0 saturated heterocycles. The van der Waals surface area contributed by atoms with E-state index in [9.17, 15) is 19.2 Å². The number of rotatable bonds is 11. The number of thiophene rings is 1. The van der Waals surface area contributed by atoms with Gasteiger partial charge in [-0.1, -0.05) is 18.2 Å². The third-order valence-electron chi connectivity index (χ3n) is 4.15. The van der Waals surface area contributed by atoms with Crippen LogP contribution in [0.25, 0.3) is 0 Å². The molecule has 0 aliphatic heterocycles. The Morgan fingerprint density at radius 3 is 2.41 bits per heavy atom. The highest BCUT2D eigenvalue weighted by Crippen LogP contribution is 2.33. The van der Waals surface area contributed by atoms with Crippen molar-refractivity contribution in [1.82, 2.24) is 0 Å². The average Bonchev–Trinajstić information content (AvgIpc) is 3.07. The monoisotopic (exact) mass is 464 g/mol. The van der Waals surface area contributed by atoms with Crippen molar-refractivity contribution in [1.29, 1.82) is 0 Å². The molecule has 1 aromatic heterocycles. The van der Waals surface area contributed by atoms with Crippen LogP contribution in [0.2, 0.25) is 0 Å². The Bertz CT molecular complexity index is 1000. The summed E-state index contributed by atoms with van der Waals surface area (Å²) in [7, 11) is 1.45. The fourth-order valence-corrected chi connectivity index (χ4v) is 3.64. The van der Waals surface area contributed by atoms with Crippen LogP contribution in [0, 0.1) is 13.8 Å². The Hall–Kier alpha value is -3.44. The van der Waals surface area contributed by atoms with Gasteiger partial charge in [0.15, 0.2) is 13.2 Å². The Labute approximate surface area is 188 Å². The first-order chi connectivity index (χ1) is 15.2. The quantitative estimate of drug-likeness (QED) is 0.379. The molecule has 0 radical (unpaired) electrons. The highest BCUT2D eigenvalue weighted by atomic mass is 32.1. The lowest BCUT2D eigenvalue weighted by atomic mass is 10.1. The normalized spacial score (nSPS) is 10.3. The molecule has 2 amide bonds. The van der Waals surface area contributed by atoms with Crippen molar-refractivity contribution in [3.63, 3.8) is 0 Å². The van der Waals surface area contributed by atoms with E-state index in [0.29, 0.717) is 5.75 Å². The second-order valence-corrected chi connectivity index (χ2v) is 7.54.